The summed E-state index contributed by atoms with van der Waals surface area (Å²) in [6.45, 7) is 8.16. The highest BCUT2D eigenvalue weighted by molar-refractivity contribution is 5.95. The third-order valence-corrected chi connectivity index (χ3v) is 15.5. The highest BCUT2D eigenvalue weighted by Gasteiger charge is 2.73. The number of hydrogen-bond donors (Lipinski definition) is 5. The molecule has 7 rings (SSSR count). The maximum Gasteiger partial charge on any atom is 0.159 e. The van der Waals surface area contributed by atoms with Crippen LogP contribution in [0.25, 0.3) is 0 Å². The Bertz CT molecular complexity index is 1220. The van der Waals surface area contributed by atoms with E-state index >= 15 is 0 Å². The Morgan fingerprint density at radius 2 is 1.83 bits per heavy atom. The van der Waals surface area contributed by atoms with E-state index in [2.05, 4.69) is 19.2 Å². The summed E-state index contributed by atoms with van der Waals surface area (Å²) >= 11 is 0. The van der Waals surface area contributed by atoms with Gasteiger partial charge in [-0.25, -0.2) is 0 Å². The SMILES string of the molecule is COCCCO[C@H]1CC[C@@]2(C)[C@@H](C1)C(=O)C=C1[C@@H]2CC[C@]2(C3CCCCC3)[C@@H]([C@](C)(O)[C@H](O)[C@H]3O[C@@H]4[C@H](CCN[C@H]4O)[C@H]3C)CC[C@@]12O. The number of nitrogens with one attached hydrogen (secondary N) is 1. The van der Waals surface area contributed by atoms with E-state index in [9.17, 15) is 25.2 Å². The number of methoxy groups -OCH3 is 1. The van der Waals surface area contributed by atoms with Crippen LogP contribution in [-0.4, -0.2) is 94.9 Å². The number of aliphatic hydroxyl groups excluding tert-OH is 2. The molecule has 0 aromatic heterocycles. The summed E-state index contributed by atoms with van der Waals surface area (Å²) in [5.74, 6) is 0.0578. The molecule has 0 spiro atoms. The maximum absolute atomic E-state index is 14.2. The predicted molar refractivity (Wildman–Crippen MR) is 181 cm³/mol. The molecule has 48 heavy (non-hydrogen) atoms. The van der Waals surface area contributed by atoms with Crippen molar-refractivity contribution < 1.29 is 39.4 Å². The molecular weight excluding hydrogens is 610 g/mol. The lowest BCUT2D eigenvalue weighted by atomic mass is 9.42. The normalized spacial score (nSPS) is 48.1. The van der Waals surface area contributed by atoms with Gasteiger partial charge in [0.1, 0.15) is 18.4 Å². The average Bonchev–Trinajstić information content (AvgIpc) is 3.59. The van der Waals surface area contributed by atoms with E-state index in [1.54, 1.807) is 14.0 Å². The van der Waals surface area contributed by atoms with Crippen LogP contribution >= 0.6 is 0 Å². The Morgan fingerprint density at radius 3 is 2.56 bits per heavy atom. The van der Waals surface area contributed by atoms with Gasteiger partial charge in [0.05, 0.1) is 23.4 Å². The van der Waals surface area contributed by atoms with Crippen LogP contribution in [-0.2, 0) is 19.0 Å². The number of carbonyl (C=O) groups is 1. The van der Waals surface area contributed by atoms with E-state index < -0.39 is 41.2 Å². The second kappa shape index (κ2) is 13.3. The van der Waals surface area contributed by atoms with Gasteiger partial charge in [-0.3, -0.25) is 10.1 Å². The fourth-order valence-electron chi connectivity index (χ4n) is 13.0. The number of allylic oxidation sites excluding steroid dienone is 1. The number of ether oxygens (including phenoxy) is 3. The second-order valence-corrected chi connectivity index (χ2v) is 17.5. The van der Waals surface area contributed by atoms with Crippen molar-refractivity contribution in [1.29, 1.82) is 0 Å². The van der Waals surface area contributed by atoms with E-state index in [1.807, 2.05) is 6.08 Å². The zero-order valence-corrected chi connectivity index (χ0v) is 29.9. The standard InChI is InChI=1S/C39H63NO8/c1-23-26-14-18-40-35(43)33(26)48-32(23)34(42)37(3,44)31-13-17-39(45)28-22-30(41)29-21-25(47-20-8-19-46-4)11-15-36(29,2)27(28)12-16-38(31,39)24-9-6-5-7-10-24/h22-27,29,31-35,40,42-45H,5-21H2,1-4H3/t23-,25+,26-,27+,29+,31-,32+,33-,34-,35+,36-,37+,38+,39-/m1/s1. The van der Waals surface area contributed by atoms with Crippen molar-refractivity contribution in [2.75, 3.05) is 26.9 Å². The summed E-state index contributed by atoms with van der Waals surface area (Å²) < 4.78 is 17.8. The minimum atomic E-state index is -1.52. The molecule has 9 heteroatoms. The van der Waals surface area contributed by atoms with Crippen molar-refractivity contribution in [1.82, 2.24) is 5.32 Å². The molecule has 5 aliphatic carbocycles. The molecule has 0 aromatic rings. The Morgan fingerprint density at radius 1 is 1.06 bits per heavy atom. The van der Waals surface area contributed by atoms with Crippen LogP contribution in [0.2, 0.25) is 0 Å². The molecule has 0 unspecified atom stereocenters. The van der Waals surface area contributed by atoms with Crippen LogP contribution in [0.3, 0.4) is 0 Å². The summed E-state index contributed by atoms with van der Waals surface area (Å²) in [6.07, 6.45) is 11.3. The summed E-state index contributed by atoms with van der Waals surface area (Å²) in [6, 6.07) is 0. The molecule has 4 saturated carbocycles. The van der Waals surface area contributed by atoms with E-state index in [4.69, 9.17) is 14.2 Å². The molecule has 0 aromatic carbocycles. The first-order valence-electron chi connectivity index (χ1n) is 19.5. The summed E-state index contributed by atoms with van der Waals surface area (Å²) in [7, 11) is 1.70. The first kappa shape index (κ1) is 35.5. The second-order valence-electron chi connectivity index (χ2n) is 17.5. The monoisotopic (exact) mass is 673 g/mol. The third-order valence-electron chi connectivity index (χ3n) is 15.5. The summed E-state index contributed by atoms with van der Waals surface area (Å²) in [4.78, 5) is 14.2. The minimum absolute atomic E-state index is 0.0236. The first-order chi connectivity index (χ1) is 22.9. The van der Waals surface area contributed by atoms with Crippen molar-refractivity contribution in [2.24, 2.45) is 46.3 Å². The van der Waals surface area contributed by atoms with Crippen LogP contribution in [0.4, 0.5) is 0 Å². The average molecular weight is 674 g/mol. The quantitative estimate of drug-likeness (QED) is 0.227. The van der Waals surface area contributed by atoms with Gasteiger partial charge >= 0.3 is 0 Å². The molecule has 14 atom stereocenters. The van der Waals surface area contributed by atoms with Gasteiger partial charge in [0.15, 0.2) is 5.78 Å². The van der Waals surface area contributed by atoms with Gasteiger partial charge in [-0.05, 0) is 131 Å². The molecule has 7 aliphatic rings. The number of aliphatic hydroxyl groups is 4. The molecule has 9 nitrogen and oxygen atoms in total. The highest BCUT2D eigenvalue weighted by Crippen LogP contribution is 2.72. The zero-order valence-electron chi connectivity index (χ0n) is 29.9. The van der Waals surface area contributed by atoms with Gasteiger partial charge in [0.2, 0.25) is 0 Å². The first-order valence-corrected chi connectivity index (χ1v) is 19.5. The fraction of sp³-hybridized carbons (Fsp3) is 0.923. The largest absolute Gasteiger partial charge is 0.387 e. The van der Waals surface area contributed by atoms with Crippen molar-refractivity contribution in [2.45, 2.75) is 153 Å². The van der Waals surface area contributed by atoms with Crippen molar-refractivity contribution >= 4 is 5.78 Å². The van der Waals surface area contributed by atoms with Gasteiger partial charge in [-0.2, -0.15) is 0 Å². The number of rotatable bonds is 9. The molecule has 5 N–H and O–H groups in total. The zero-order chi connectivity index (χ0) is 34.1. The van der Waals surface area contributed by atoms with Crippen LogP contribution < -0.4 is 5.32 Å². The van der Waals surface area contributed by atoms with E-state index in [-0.39, 0.29) is 52.8 Å². The van der Waals surface area contributed by atoms with Crippen LogP contribution in [0.1, 0.15) is 111 Å². The molecule has 2 aliphatic heterocycles. The van der Waals surface area contributed by atoms with E-state index in [0.717, 1.165) is 76.2 Å². The molecule has 6 fully saturated rings. The van der Waals surface area contributed by atoms with Crippen molar-refractivity contribution in [3.63, 3.8) is 0 Å². The molecule has 0 amide bonds. The third kappa shape index (κ3) is 5.34. The number of hydrogen-bond acceptors (Lipinski definition) is 9. The lowest BCUT2D eigenvalue weighted by molar-refractivity contribution is -0.219. The van der Waals surface area contributed by atoms with Crippen molar-refractivity contribution in [3.8, 4) is 0 Å². The molecule has 2 heterocycles. The van der Waals surface area contributed by atoms with Crippen LogP contribution in [0.15, 0.2) is 11.6 Å². The summed E-state index contributed by atoms with van der Waals surface area (Å²) in [5.41, 5.74) is -2.69. The fourth-order valence-corrected chi connectivity index (χ4v) is 13.0. The van der Waals surface area contributed by atoms with E-state index in [1.165, 1.54) is 6.42 Å². The molecule has 272 valence electrons. The van der Waals surface area contributed by atoms with Crippen LogP contribution in [0, 0.1) is 46.3 Å². The van der Waals surface area contributed by atoms with Gasteiger partial charge in [-0.1, -0.05) is 33.1 Å². The predicted octanol–water partition coefficient (Wildman–Crippen LogP) is 4.28. The Labute approximate surface area is 287 Å². The maximum atomic E-state index is 14.2. The molecular formula is C39H63NO8. The number of fused-ring (bicyclic) bond motifs is 6. The lowest BCUT2D eigenvalue weighted by Crippen LogP contribution is -2.66. The number of carbonyl (C=O) groups excluding carboxylic acids is 1. The lowest BCUT2D eigenvalue weighted by Gasteiger charge is -2.64. The topological polar surface area (TPSA) is 138 Å². The molecule has 0 radical (unpaired) electrons. The van der Waals surface area contributed by atoms with Crippen LogP contribution in [0.5, 0.6) is 0 Å². The smallest absolute Gasteiger partial charge is 0.159 e. The van der Waals surface area contributed by atoms with Gasteiger partial charge in [-0.15, -0.1) is 0 Å². The number of ketones is 1. The Kier molecular flexibility index (Phi) is 9.80. The number of piperidine rings is 1. The van der Waals surface area contributed by atoms with E-state index in [0.29, 0.717) is 32.6 Å². The minimum Gasteiger partial charge on any atom is -0.387 e. The van der Waals surface area contributed by atoms with Crippen molar-refractivity contribution in [3.05, 3.63) is 11.6 Å². The Balaban J connectivity index is 1.20. The van der Waals surface area contributed by atoms with Gasteiger partial charge in [0, 0.05) is 31.7 Å². The summed E-state index contributed by atoms with van der Waals surface area (Å²) in [5, 5.41) is 52.0. The molecule has 0 bridgehead atoms. The van der Waals surface area contributed by atoms with Gasteiger partial charge < -0.3 is 34.6 Å². The highest BCUT2D eigenvalue weighted by atomic mass is 16.5. The Hall–Kier alpha value is -0.910. The van der Waals surface area contributed by atoms with Gasteiger partial charge in [0.25, 0.3) is 0 Å². The molecule has 2 saturated heterocycles.